The molecule has 1 heterocycles. The maximum atomic E-state index is 13.4. The third kappa shape index (κ3) is 3.43. The molecule has 1 amide bonds. The molecule has 1 aromatic carbocycles. The summed E-state index contributed by atoms with van der Waals surface area (Å²) in [5, 5.41) is 3.02. The molecule has 1 aliphatic rings. The third-order valence-electron chi connectivity index (χ3n) is 2.94. The van der Waals surface area contributed by atoms with E-state index in [4.69, 9.17) is 16.3 Å². The minimum atomic E-state index is -0.568. The van der Waals surface area contributed by atoms with Crippen LogP contribution in [0.25, 0.3) is 0 Å². The van der Waals surface area contributed by atoms with Crippen LogP contribution in [0, 0.1) is 5.82 Å². The van der Waals surface area contributed by atoms with Crippen LogP contribution < -0.4 is 5.32 Å². The topological polar surface area (TPSA) is 38.3 Å². The van der Waals surface area contributed by atoms with Gasteiger partial charge in [0.2, 0.25) is 0 Å². The van der Waals surface area contributed by atoms with E-state index in [-0.39, 0.29) is 11.7 Å². The van der Waals surface area contributed by atoms with Gasteiger partial charge in [0.05, 0.1) is 11.7 Å². The molecular weight excluding hydrogens is 257 g/mol. The van der Waals surface area contributed by atoms with E-state index >= 15 is 0 Å². The van der Waals surface area contributed by atoms with Crippen LogP contribution in [0.5, 0.6) is 0 Å². The summed E-state index contributed by atoms with van der Waals surface area (Å²) >= 11 is 5.74. The van der Waals surface area contributed by atoms with E-state index in [1.165, 1.54) is 18.2 Å². The van der Waals surface area contributed by atoms with Gasteiger partial charge in [-0.05, 0) is 37.5 Å². The highest BCUT2D eigenvalue weighted by molar-refractivity contribution is 6.30. The van der Waals surface area contributed by atoms with Crippen molar-refractivity contribution in [2.24, 2.45) is 0 Å². The second-order valence-corrected chi connectivity index (χ2v) is 4.76. The van der Waals surface area contributed by atoms with Gasteiger partial charge in [-0.25, -0.2) is 4.39 Å². The Bertz CT molecular complexity index is 433. The van der Waals surface area contributed by atoms with E-state index in [9.17, 15) is 9.18 Å². The van der Waals surface area contributed by atoms with Gasteiger partial charge in [-0.3, -0.25) is 4.79 Å². The van der Waals surface area contributed by atoms with Crippen molar-refractivity contribution in [1.82, 2.24) is 5.32 Å². The SMILES string of the molecule is O=C(NCC1CCCCO1)c1cc(Cl)ccc1F. The van der Waals surface area contributed by atoms with E-state index in [0.29, 0.717) is 11.6 Å². The van der Waals surface area contributed by atoms with Gasteiger partial charge >= 0.3 is 0 Å². The Kier molecular flexibility index (Phi) is 4.55. The lowest BCUT2D eigenvalue weighted by molar-refractivity contribution is 0.0168. The highest BCUT2D eigenvalue weighted by Gasteiger charge is 2.17. The molecule has 98 valence electrons. The fraction of sp³-hybridized carbons (Fsp3) is 0.462. The molecule has 0 radical (unpaired) electrons. The molecule has 1 N–H and O–H groups in total. The van der Waals surface area contributed by atoms with Crippen LogP contribution in [-0.2, 0) is 4.74 Å². The standard InChI is InChI=1S/C13H15ClFNO2/c14-9-4-5-12(15)11(7-9)13(17)16-8-10-3-1-2-6-18-10/h4-5,7,10H,1-3,6,8H2,(H,16,17). The molecule has 1 aromatic rings. The van der Waals surface area contributed by atoms with Crippen LogP contribution in [0.15, 0.2) is 18.2 Å². The molecule has 1 unspecified atom stereocenters. The molecule has 0 aromatic heterocycles. The van der Waals surface area contributed by atoms with Gasteiger partial charge in [-0.1, -0.05) is 11.6 Å². The number of ether oxygens (including phenoxy) is 1. The number of amides is 1. The number of hydrogen-bond acceptors (Lipinski definition) is 2. The van der Waals surface area contributed by atoms with Gasteiger partial charge in [0, 0.05) is 18.2 Å². The summed E-state index contributed by atoms with van der Waals surface area (Å²) in [7, 11) is 0. The summed E-state index contributed by atoms with van der Waals surface area (Å²) in [4.78, 5) is 11.8. The highest BCUT2D eigenvalue weighted by Crippen LogP contribution is 2.15. The van der Waals surface area contributed by atoms with Crippen molar-refractivity contribution in [3.05, 3.63) is 34.6 Å². The Balaban J connectivity index is 1.92. The Hall–Kier alpha value is -1.13. The number of nitrogens with one attached hydrogen (secondary N) is 1. The second kappa shape index (κ2) is 6.16. The fourth-order valence-corrected chi connectivity index (χ4v) is 2.11. The second-order valence-electron chi connectivity index (χ2n) is 4.32. The number of benzene rings is 1. The lowest BCUT2D eigenvalue weighted by Crippen LogP contribution is -2.35. The van der Waals surface area contributed by atoms with Crippen molar-refractivity contribution >= 4 is 17.5 Å². The van der Waals surface area contributed by atoms with Crippen LogP contribution in [0.2, 0.25) is 5.02 Å². The summed E-state index contributed by atoms with van der Waals surface area (Å²) < 4.78 is 18.9. The maximum absolute atomic E-state index is 13.4. The molecule has 1 fully saturated rings. The van der Waals surface area contributed by atoms with Crippen molar-refractivity contribution in [2.75, 3.05) is 13.2 Å². The van der Waals surface area contributed by atoms with Crippen molar-refractivity contribution in [1.29, 1.82) is 0 Å². The van der Waals surface area contributed by atoms with E-state index < -0.39 is 11.7 Å². The van der Waals surface area contributed by atoms with Crippen LogP contribution >= 0.6 is 11.6 Å². The molecule has 1 saturated heterocycles. The van der Waals surface area contributed by atoms with Crippen molar-refractivity contribution in [2.45, 2.75) is 25.4 Å². The van der Waals surface area contributed by atoms with Crippen molar-refractivity contribution in [3.8, 4) is 0 Å². The first-order valence-corrected chi connectivity index (χ1v) is 6.39. The minimum absolute atomic E-state index is 0.0293. The molecular formula is C13H15ClFNO2. The molecule has 3 nitrogen and oxygen atoms in total. The van der Waals surface area contributed by atoms with Crippen molar-refractivity contribution in [3.63, 3.8) is 0 Å². The van der Waals surface area contributed by atoms with Crippen LogP contribution in [0.4, 0.5) is 4.39 Å². The monoisotopic (exact) mass is 271 g/mol. The Morgan fingerprint density at radius 3 is 3.06 bits per heavy atom. The largest absolute Gasteiger partial charge is 0.376 e. The zero-order valence-electron chi connectivity index (χ0n) is 9.92. The molecule has 1 aliphatic heterocycles. The predicted molar refractivity (Wildman–Crippen MR) is 67.3 cm³/mol. The summed E-state index contributed by atoms with van der Waals surface area (Å²) in [6.07, 6.45) is 3.13. The maximum Gasteiger partial charge on any atom is 0.254 e. The summed E-state index contributed by atoms with van der Waals surface area (Å²) in [6.45, 7) is 1.14. The summed E-state index contributed by atoms with van der Waals surface area (Å²) in [5.41, 5.74) is -0.0293. The first kappa shape index (κ1) is 13.3. The Morgan fingerprint density at radius 2 is 2.33 bits per heavy atom. The Morgan fingerprint density at radius 1 is 1.50 bits per heavy atom. The number of carbonyl (C=O) groups excluding carboxylic acids is 1. The number of hydrogen-bond donors (Lipinski definition) is 1. The molecule has 0 bridgehead atoms. The molecule has 18 heavy (non-hydrogen) atoms. The number of halogens is 2. The van der Waals surface area contributed by atoms with Gasteiger partial charge < -0.3 is 10.1 Å². The molecule has 2 rings (SSSR count). The smallest absolute Gasteiger partial charge is 0.254 e. The van der Waals surface area contributed by atoms with Gasteiger partial charge in [-0.15, -0.1) is 0 Å². The van der Waals surface area contributed by atoms with Gasteiger partial charge in [0.15, 0.2) is 0 Å². The van der Waals surface area contributed by atoms with E-state index in [0.717, 1.165) is 25.9 Å². The van der Waals surface area contributed by atoms with Gasteiger partial charge in [0.25, 0.3) is 5.91 Å². The van der Waals surface area contributed by atoms with Crippen LogP contribution in [0.1, 0.15) is 29.6 Å². The van der Waals surface area contributed by atoms with Crippen LogP contribution in [0.3, 0.4) is 0 Å². The summed E-state index contributed by atoms with van der Waals surface area (Å²) in [6, 6.07) is 3.93. The van der Waals surface area contributed by atoms with E-state index in [1.807, 2.05) is 0 Å². The normalized spacial score (nSPS) is 19.6. The number of rotatable bonds is 3. The molecule has 0 spiro atoms. The Labute approximate surface area is 110 Å². The molecule has 0 saturated carbocycles. The number of carbonyl (C=O) groups is 1. The quantitative estimate of drug-likeness (QED) is 0.918. The van der Waals surface area contributed by atoms with Crippen molar-refractivity contribution < 1.29 is 13.9 Å². The van der Waals surface area contributed by atoms with Gasteiger partial charge in [-0.2, -0.15) is 0 Å². The highest BCUT2D eigenvalue weighted by atomic mass is 35.5. The molecule has 0 aliphatic carbocycles. The average molecular weight is 272 g/mol. The third-order valence-corrected chi connectivity index (χ3v) is 3.17. The predicted octanol–water partition coefficient (Wildman–Crippen LogP) is 2.78. The summed E-state index contributed by atoms with van der Waals surface area (Å²) in [5.74, 6) is -1.02. The van der Waals surface area contributed by atoms with Crippen LogP contribution in [-0.4, -0.2) is 25.2 Å². The molecule has 5 heteroatoms. The fourth-order valence-electron chi connectivity index (χ4n) is 1.94. The lowest BCUT2D eigenvalue weighted by atomic mass is 10.1. The zero-order chi connectivity index (χ0) is 13.0. The average Bonchev–Trinajstić information content (AvgIpc) is 2.40. The van der Waals surface area contributed by atoms with E-state index in [1.54, 1.807) is 0 Å². The van der Waals surface area contributed by atoms with Gasteiger partial charge in [0.1, 0.15) is 5.82 Å². The minimum Gasteiger partial charge on any atom is -0.376 e. The first-order chi connectivity index (χ1) is 8.66. The molecule has 1 atom stereocenters. The van der Waals surface area contributed by atoms with E-state index in [2.05, 4.69) is 5.32 Å². The zero-order valence-corrected chi connectivity index (χ0v) is 10.7. The first-order valence-electron chi connectivity index (χ1n) is 6.01. The lowest BCUT2D eigenvalue weighted by Gasteiger charge is -2.22.